The number of benzene rings is 2. The molecule has 2 heterocycles. The Hall–Kier alpha value is -4.86. The first kappa shape index (κ1) is 28.2. The highest BCUT2D eigenvalue weighted by atomic mass is 19.4. The Bertz CT molecular complexity index is 1620. The molecule has 0 radical (unpaired) electrons. The van der Waals surface area contributed by atoms with Gasteiger partial charge in [-0.15, -0.1) is 5.10 Å². The van der Waals surface area contributed by atoms with Crippen molar-refractivity contribution in [3.63, 3.8) is 0 Å². The first-order valence-corrected chi connectivity index (χ1v) is 12.1. The number of esters is 1. The molecule has 0 bridgehead atoms. The van der Waals surface area contributed by atoms with Gasteiger partial charge in [-0.25, -0.2) is 19.3 Å². The molecule has 1 amide bonds. The molecule has 1 aromatic heterocycles. The predicted octanol–water partition coefficient (Wildman–Crippen LogP) is 3.72. The van der Waals surface area contributed by atoms with Crippen LogP contribution in [-0.2, 0) is 26.9 Å². The van der Waals surface area contributed by atoms with E-state index in [-0.39, 0.29) is 41.3 Å². The molecule has 1 aliphatic rings. The lowest BCUT2D eigenvalue weighted by atomic mass is 9.88. The maximum absolute atomic E-state index is 13.5. The molecule has 0 spiro atoms. The van der Waals surface area contributed by atoms with Crippen LogP contribution in [-0.4, -0.2) is 39.8 Å². The third-order valence-electron chi connectivity index (χ3n) is 6.52. The van der Waals surface area contributed by atoms with E-state index in [0.717, 1.165) is 23.8 Å². The van der Waals surface area contributed by atoms with Gasteiger partial charge < -0.3 is 10.1 Å². The van der Waals surface area contributed by atoms with Crippen LogP contribution < -0.4 is 15.9 Å². The number of hydrogen-bond acceptors (Lipinski definition) is 7. The summed E-state index contributed by atoms with van der Waals surface area (Å²) in [4.78, 5) is 39.4. The number of nitrogens with zero attached hydrogens (tertiary/aromatic N) is 4. The quantitative estimate of drug-likeness (QED) is 0.444. The van der Waals surface area contributed by atoms with Gasteiger partial charge in [0.05, 0.1) is 29.9 Å². The van der Waals surface area contributed by atoms with Gasteiger partial charge in [-0.2, -0.15) is 18.4 Å². The van der Waals surface area contributed by atoms with Crippen LogP contribution in [0.5, 0.6) is 0 Å². The Morgan fingerprint density at radius 2 is 1.98 bits per heavy atom. The number of alkyl halides is 3. The Labute approximate surface area is 226 Å². The molecule has 2 aromatic carbocycles. The van der Waals surface area contributed by atoms with E-state index in [1.165, 1.54) is 36.9 Å². The molecule has 208 valence electrons. The van der Waals surface area contributed by atoms with Gasteiger partial charge >= 0.3 is 17.8 Å². The fraction of sp³-hybridized carbons (Fsp3) is 0.296. The van der Waals surface area contributed by atoms with E-state index >= 15 is 0 Å². The lowest BCUT2D eigenvalue weighted by Gasteiger charge is -2.36. The van der Waals surface area contributed by atoms with Gasteiger partial charge in [-0.3, -0.25) is 9.69 Å². The molecule has 1 unspecified atom stereocenters. The van der Waals surface area contributed by atoms with Crippen LogP contribution in [0.25, 0.3) is 0 Å². The zero-order valence-electron chi connectivity index (χ0n) is 22.0. The number of allylic oxidation sites excluding steroid dienone is 1. The van der Waals surface area contributed by atoms with Crippen LogP contribution >= 0.6 is 0 Å². The molecule has 10 nitrogen and oxygen atoms in total. The number of H-pyrrole nitrogens is 1. The molecule has 4 rings (SSSR count). The summed E-state index contributed by atoms with van der Waals surface area (Å²) >= 11 is 0. The number of aromatic amines is 1. The minimum absolute atomic E-state index is 0.0194. The van der Waals surface area contributed by atoms with Gasteiger partial charge in [0, 0.05) is 24.4 Å². The summed E-state index contributed by atoms with van der Waals surface area (Å²) < 4.78 is 46.8. The highest BCUT2D eigenvalue weighted by Crippen LogP contribution is 2.43. The molecule has 13 heteroatoms. The number of methoxy groups -OCH3 is 1. The molecular formula is C27H25F3N6O4. The number of carbonyl (C=O) groups excluding carboxylic acids is 2. The standard InChI is InChI=1S/C27H25F3N6O4/c1-14(32-16(3)37)10-18-11-17(13-31)8-9-21(18)23-22(24(38)40-4)15(2)35(25-33-34-26(39)36(23)25)20-7-5-6-19(12-20)27(28,29)30/h5-9,11-12,14,23H,10H2,1-4H3,(H,32,37)(H,34,39)/t14?,23-/m1/s1. The molecule has 0 saturated carbocycles. The SMILES string of the molecule is COC(=O)C1=C(C)N(c2cccc(C(F)(F)F)c2)c2n[nH]c(=O)n2[C@@H]1c1ccc(C#N)cc1CC(C)NC(C)=O. The lowest BCUT2D eigenvalue weighted by Crippen LogP contribution is -2.38. The highest BCUT2D eigenvalue weighted by Gasteiger charge is 2.41. The van der Waals surface area contributed by atoms with Crippen molar-refractivity contribution in [2.45, 2.75) is 45.5 Å². The summed E-state index contributed by atoms with van der Waals surface area (Å²) in [6.45, 7) is 4.65. The van der Waals surface area contributed by atoms with E-state index in [9.17, 15) is 32.8 Å². The summed E-state index contributed by atoms with van der Waals surface area (Å²) in [6.07, 6.45) is -4.39. The van der Waals surface area contributed by atoms with Gasteiger partial charge in [0.25, 0.3) is 0 Å². The van der Waals surface area contributed by atoms with Crippen molar-refractivity contribution < 1.29 is 27.5 Å². The van der Waals surface area contributed by atoms with Crippen molar-refractivity contribution in [2.75, 3.05) is 12.0 Å². The predicted molar refractivity (Wildman–Crippen MR) is 137 cm³/mol. The fourth-order valence-electron chi connectivity index (χ4n) is 4.93. The molecule has 0 aliphatic carbocycles. The number of carbonyl (C=O) groups is 2. The normalized spacial score (nSPS) is 15.8. The van der Waals surface area contributed by atoms with Crippen molar-refractivity contribution in [1.82, 2.24) is 20.1 Å². The lowest BCUT2D eigenvalue weighted by molar-refractivity contribution is -0.138. The maximum Gasteiger partial charge on any atom is 0.416 e. The second-order valence-electron chi connectivity index (χ2n) is 9.31. The number of halogens is 3. The van der Waals surface area contributed by atoms with Crippen molar-refractivity contribution in [3.8, 4) is 6.07 Å². The van der Waals surface area contributed by atoms with Gasteiger partial charge in [-0.05, 0) is 61.7 Å². The number of fused-ring (bicyclic) bond motifs is 1. The number of rotatable bonds is 6. The zero-order valence-corrected chi connectivity index (χ0v) is 22.0. The van der Waals surface area contributed by atoms with Crippen LogP contribution in [0, 0.1) is 11.3 Å². The van der Waals surface area contributed by atoms with Crippen molar-refractivity contribution in [3.05, 3.63) is 86.5 Å². The van der Waals surface area contributed by atoms with E-state index in [1.807, 2.05) is 0 Å². The first-order valence-electron chi connectivity index (χ1n) is 12.1. The van der Waals surface area contributed by atoms with E-state index in [4.69, 9.17) is 4.74 Å². The average molecular weight is 555 g/mol. The molecule has 2 atom stereocenters. The molecule has 2 N–H and O–H groups in total. The van der Waals surface area contributed by atoms with Crippen molar-refractivity contribution in [2.24, 2.45) is 0 Å². The molecule has 0 saturated heterocycles. The number of ether oxygens (including phenoxy) is 1. The summed E-state index contributed by atoms with van der Waals surface area (Å²) in [5.41, 5.74) is -0.138. The third kappa shape index (κ3) is 5.20. The number of amides is 1. The zero-order chi connectivity index (χ0) is 29.4. The second-order valence-corrected chi connectivity index (χ2v) is 9.31. The monoisotopic (exact) mass is 554 g/mol. The van der Waals surface area contributed by atoms with Gasteiger partial charge in [-0.1, -0.05) is 12.1 Å². The summed E-state index contributed by atoms with van der Waals surface area (Å²) in [5, 5.41) is 18.7. The van der Waals surface area contributed by atoms with Crippen LogP contribution in [0.3, 0.4) is 0 Å². The Balaban J connectivity index is 1.99. The molecule has 40 heavy (non-hydrogen) atoms. The number of aromatic nitrogens is 3. The van der Waals surface area contributed by atoms with Crippen molar-refractivity contribution in [1.29, 1.82) is 5.26 Å². The van der Waals surface area contributed by atoms with E-state index in [0.29, 0.717) is 16.7 Å². The van der Waals surface area contributed by atoms with E-state index in [2.05, 4.69) is 21.6 Å². The Kier molecular flexibility index (Phi) is 7.55. The van der Waals surface area contributed by atoms with Gasteiger partial charge in [0.2, 0.25) is 11.9 Å². The van der Waals surface area contributed by atoms with Crippen molar-refractivity contribution >= 4 is 23.5 Å². The smallest absolute Gasteiger partial charge is 0.416 e. The van der Waals surface area contributed by atoms with E-state index < -0.39 is 29.4 Å². The third-order valence-corrected chi connectivity index (χ3v) is 6.52. The van der Waals surface area contributed by atoms with E-state index in [1.54, 1.807) is 19.1 Å². The van der Waals surface area contributed by atoms with Crippen LogP contribution in [0.15, 0.2) is 58.5 Å². The minimum atomic E-state index is -4.63. The second kappa shape index (κ2) is 10.7. The number of anilines is 2. The molecule has 0 fully saturated rings. The minimum Gasteiger partial charge on any atom is -0.466 e. The summed E-state index contributed by atoms with van der Waals surface area (Å²) in [7, 11) is 1.15. The fourth-order valence-corrected chi connectivity index (χ4v) is 4.93. The Morgan fingerprint density at radius 1 is 1.25 bits per heavy atom. The van der Waals surface area contributed by atoms with Gasteiger partial charge in [0.15, 0.2) is 0 Å². The topological polar surface area (TPSA) is 133 Å². The van der Waals surface area contributed by atoms with Gasteiger partial charge in [0.1, 0.15) is 6.04 Å². The molecule has 3 aromatic rings. The van der Waals surface area contributed by atoms with Crippen LogP contribution in [0.1, 0.15) is 49.1 Å². The molecular weight excluding hydrogens is 529 g/mol. The largest absolute Gasteiger partial charge is 0.466 e. The maximum atomic E-state index is 13.5. The average Bonchev–Trinajstić information content (AvgIpc) is 3.27. The number of hydrogen-bond donors (Lipinski definition) is 2. The Morgan fingerprint density at radius 3 is 2.60 bits per heavy atom. The van der Waals surface area contributed by atoms with Crippen LogP contribution in [0.2, 0.25) is 0 Å². The van der Waals surface area contributed by atoms with Crippen LogP contribution in [0.4, 0.5) is 24.8 Å². The first-order chi connectivity index (χ1) is 18.9. The summed E-state index contributed by atoms with van der Waals surface area (Å²) in [6, 6.07) is 9.72. The molecule has 1 aliphatic heterocycles. The highest BCUT2D eigenvalue weighted by molar-refractivity contribution is 5.93. The number of nitriles is 1. The summed E-state index contributed by atoms with van der Waals surface area (Å²) in [5.74, 6) is -1.13. The number of nitrogens with one attached hydrogen (secondary N) is 2.